The zero-order chi connectivity index (χ0) is 29.0. The van der Waals surface area contributed by atoms with Gasteiger partial charge >= 0.3 is 5.97 Å². The number of aromatic hydroxyl groups is 3. The lowest BCUT2D eigenvalue weighted by molar-refractivity contribution is -0.141. The van der Waals surface area contributed by atoms with E-state index in [9.17, 15) is 30.3 Å². The van der Waals surface area contributed by atoms with E-state index in [0.717, 1.165) is 11.1 Å². The van der Waals surface area contributed by atoms with Crippen molar-refractivity contribution in [3.63, 3.8) is 0 Å². The molecule has 0 aliphatic carbocycles. The number of cyclic esters (lactones) is 1. The molecule has 0 saturated carbocycles. The van der Waals surface area contributed by atoms with E-state index in [0.29, 0.717) is 24.2 Å². The van der Waals surface area contributed by atoms with Crippen molar-refractivity contribution in [2.24, 2.45) is 11.8 Å². The Labute approximate surface area is 232 Å². The molecule has 1 aliphatic rings. The van der Waals surface area contributed by atoms with Crippen molar-refractivity contribution in [3.8, 4) is 34.5 Å². The third-order valence-corrected chi connectivity index (χ3v) is 7.42. The average molecular weight is 555 g/mol. The molecule has 0 spiro atoms. The monoisotopic (exact) mass is 554 g/mol. The van der Waals surface area contributed by atoms with Crippen LogP contribution in [0.3, 0.4) is 0 Å². The van der Waals surface area contributed by atoms with Crippen LogP contribution in [-0.4, -0.2) is 66.0 Å². The van der Waals surface area contributed by atoms with Gasteiger partial charge in [0, 0.05) is 17.4 Å². The molecule has 0 amide bonds. The fourth-order valence-electron chi connectivity index (χ4n) is 5.19. The summed E-state index contributed by atoms with van der Waals surface area (Å²) in [5, 5.41) is 52.2. The summed E-state index contributed by atoms with van der Waals surface area (Å²) in [6.45, 7) is -0.294. The van der Waals surface area contributed by atoms with Crippen LogP contribution in [0.1, 0.15) is 34.3 Å². The second-order valence-electron chi connectivity index (χ2n) is 9.81. The Morgan fingerprint density at radius 2 is 1.48 bits per heavy atom. The van der Waals surface area contributed by atoms with Crippen molar-refractivity contribution in [2.75, 3.05) is 34.5 Å². The average Bonchev–Trinajstić information content (AvgIpc) is 3.29. The SMILES string of the molecule is COc1cc(CC2C(=O)OCC2Cc2cc(OC)c(O)c(C(CO)C(O)c3ccc(O)c(OC)c3)c2)ccc1O. The number of carbonyl (C=O) groups excluding carboxylic acids is 1. The molecule has 1 heterocycles. The summed E-state index contributed by atoms with van der Waals surface area (Å²) in [6, 6.07) is 12.6. The van der Waals surface area contributed by atoms with E-state index < -0.39 is 24.5 Å². The van der Waals surface area contributed by atoms with Gasteiger partial charge in [0.25, 0.3) is 0 Å². The molecule has 10 nitrogen and oxygen atoms in total. The van der Waals surface area contributed by atoms with E-state index in [1.54, 1.807) is 24.3 Å². The number of hydrogen-bond acceptors (Lipinski definition) is 10. The van der Waals surface area contributed by atoms with Gasteiger partial charge in [0.05, 0.1) is 46.6 Å². The number of aliphatic hydroxyl groups excluding tert-OH is 2. The number of benzene rings is 3. The van der Waals surface area contributed by atoms with Gasteiger partial charge in [0.15, 0.2) is 34.5 Å². The summed E-state index contributed by atoms with van der Waals surface area (Å²) in [5.41, 5.74) is 2.16. The predicted molar refractivity (Wildman–Crippen MR) is 144 cm³/mol. The number of methoxy groups -OCH3 is 3. The minimum Gasteiger partial charge on any atom is -0.504 e. The largest absolute Gasteiger partial charge is 0.504 e. The van der Waals surface area contributed by atoms with Gasteiger partial charge in [0.2, 0.25) is 0 Å². The summed E-state index contributed by atoms with van der Waals surface area (Å²) in [4.78, 5) is 12.7. The van der Waals surface area contributed by atoms with Crippen molar-refractivity contribution in [1.29, 1.82) is 0 Å². The highest BCUT2D eigenvalue weighted by molar-refractivity contribution is 5.75. The molecule has 4 rings (SSSR count). The molecule has 40 heavy (non-hydrogen) atoms. The maximum Gasteiger partial charge on any atom is 0.309 e. The van der Waals surface area contributed by atoms with Crippen LogP contribution in [0, 0.1) is 11.8 Å². The lowest BCUT2D eigenvalue weighted by Gasteiger charge is -2.25. The molecule has 3 aromatic rings. The number of aliphatic hydroxyl groups is 2. The standard InChI is InChI=1S/C30H34O10/c1-37-25-11-16(4-6-23(25)32)9-20-19(15-40-30(20)36)8-17-10-21(29(35)27(12-17)39-3)22(14-31)28(34)18-5-7-24(33)26(13-18)38-2/h4-7,10-13,19-20,22,28,31-35H,8-9,14-15H2,1-3H3. The lowest BCUT2D eigenvalue weighted by Crippen LogP contribution is -2.21. The summed E-state index contributed by atoms with van der Waals surface area (Å²) in [5.74, 6) is -1.61. The number of rotatable bonds is 11. The van der Waals surface area contributed by atoms with E-state index in [1.165, 1.54) is 45.6 Å². The van der Waals surface area contributed by atoms with Crippen molar-refractivity contribution < 1.29 is 49.3 Å². The quantitative estimate of drug-likeness (QED) is 0.223. The molecule has 4 unspecified atom stereocenters. The van der Waals surface area contributed by atoms with Gasteiger partial charge in [-0.3, -0.25) is 4.79 Å². The topological polar surface area (TPSA) is 155 Å². The van der Waals surface area contributed by atoms with E-state index >= 15 is 0 Å². The molecule has 5 N–H and O–H groups in total. The smallest absolute Gasteiger partial charge is 0.309 e. The van der Waals surface area contributed by atoms with Crippen LogP contribution < -0.4 is 14.2 Å². The van der Waals surface area contributed by atoms with Gasteiger partial charge in [-0.25, -0.2) is 0 Å². The van der Waals surface area contributed by atoms with Gasteiger partial charge in [0.1, 0.15) is 0 Å². The third-order valence-electron chi connectivity index (χ3n) is 7.42. The summed E-state index contributed by atoms with van der Waals surface area (Å²) in [6.07, 6.45) is -0.474. The minimum atomic E-state index is -1.25. The zero-order valence-electron chi connectivity index (χ0n) is 22.5. The van der Waals surface area contributed by atoms with E-state index in [-0.39, 0.29) is 52.8 Å². The van der Waals surface area contributed by atoms with E-state index in [2.05, 4.69) is 0 Å². The highest BCUT2D eigenvalue weighted by Gasteiger charge is 2.37. The predicted octanol–water partition coefficient (Wildman–Crippen LogP) is 3.21. The molecular formula is C30H34O10. The van der Waals surface area contributed by atoms with Crippen LogP contribution >= 0.6 is 0 Å². The third kappa shape index (κ3) is 5.88. The molecule has 0 aromatic heterocycles. The highest BCUT2D eigenvalue weighted by Crippen LogP contribution is 2.43. The Hall–Kier alpha value is -4.15. The van der Waals surface area contributed by atoms with Crippen LogP contribution in [0.25, 0.3) is 0 Å². The summed E-state index contributed by atoms with van der Waals surface area (Å²) >= 11 is 0. The second kappa shape index (κ2) is 12.4. The first kappa shape index (κ1) is 28.8. The molecule has 0 bridgehead atoms. The maximum atomic E-state index is 12.7. The fourth-order valence-corrected chi connectivity index (χ4v) is 5.19. The van der Waals surface area contributed by atoms with E-state index in [1.807, 2.05) is 0 Å². The number of carbonyl (C=O) groups is 1. The Bertz CT molecular complexity index is 1350. The number of esters is 1. The summed E-state index contributed by atoms with van der Waals surface area (Å²) < 4.78 is 21.1. The van der Waals surface area contributed by atoms with Gasteiger partial charge in [-0.15, -0.1) is 0 Å². The van der Waals surface area contributed by atoms with Crippen LogP contribution in [0.15, 0.2) is 48.5 Å². The molecule has 1 aliphatic heterocycles. The second-order valence-corrected chi connectivity index (χ2v) is 9.81. The van der Waals surface area contributed by atoms with Gasteiger partial charge < -0.3 is 44.5 Å². The van der Waals surface area contributed by atoms with Crippen LogP contribution in [0.2, 0.25) is 0 Å². The number of hydrogen-bond donors (Lipinski definition) is 5. The molecule has 214 valence electrons. The fraction of sp³-hybridized carbons (Fsp3) is 0.367. The van der Waals surface area contributed by atoms with Crippen molar-refractivity contribution in [1.82, 2.24) is 0 Å². The van der Waals surface area contributed by atoms with Crippen molar-refractivity contribution in [2.45, 2.75) is 24.9 Å². The Balaban J connectivity index is 1.63. The maximum absolute atomic E-state index is 12.7. The Morgan fingerprint density at radius 3 is 2.12 bits per heavy atom. The summed E-state index contributed by atoms with van der Waals surface area (Å²) in [7, 11) is 4.24. The van der Waals surface area contributed by atoms with Gasteiger partial charge in [-0.2, -0.15) is 0 Å². The Morgan fingerprint density at radius 1 is 0.850 bits per heavy atom. The van der Waals surface area contributed by atoms with Crippen molar-refractivity contribution in [3.05, 3.63) is 70.8 Å². The molecule has 1 saturated heterocycles. The van der Waals surface area contributed by atoms with Crippen LogP contribution in [-0.2, 0) is 22.4 Å². The van der Waals surface area contributed by atoms with Crippen molar-refractivity contribution >= 4 is 5.97 Å². The van der Waals surface area contributed by atoms with Crippen LogP contribution in [0.4, 0.5) is 0 Å². The first-order chi connectivity index (χ1) is 19.2. The number of phenols is 3. The minimum absolute atomic E-state index is 0.00638. The molecule has 10 heteroatoms. The molecule has 3 aromatic carbocycles. The molecule has 0 radical (unpaired) electrons. The molecule has 1 fully saturated rings. The Kier molecular flexibility index (Phi) is 8.91. The molecule has 4 atom stereocenters. The number of ether oxygens (including phenoxy) is 4. The van der Waals surface area contributed by atoms with E-state index in [4.69, 9.17) is 18.9 Å². The van der Waals surface area contributed by atoms with Crippen LogP contribution in [0.5, 0.6) is 34.5 Å². The highest BCUT2D eigenvalue weighted by atomic mass is 16.5. The van der Waals surface area contributed by atoms with Gasteiger partial charge in [-0.05, 0) is 59.9 Å². The first-order valence-electron chi connectivity index (χ1n) is 12.8. The zero-order valence-corrected chi connectivity index (χ0v) is 22.5. The van der Waals surface area contributed by atoms with Gasteiger partial charge in [-0.1, -0.05) is 18.2 Å². The first-order valence-corrected chi connectivity index (χ1v) is 12.8. The normalized spacial score (nSPS) is 18.2. The lowest BCUT2D eigenvalue weighted by atomic mass is 9.83. The molecular weight excluding hydrogens is 520 g/mol. The number of phenolic OH excluding ortho intramolecular Hbond substituents is 3.